The molecule has 1 aromatic rings. The molecule has 0 heterocycles. The first-order chi connectivity index (χ1) is 8.34. The van der Waals surface area contributed by atoms with E-state index in [1.54, 1.807) is 32.0 Å². The lowest BCUT2D eigenvalue weighted by Crippen LogP contribution is -2.31. The SMILES string of the molecule is CCCOc1ccc(Cl)cc1NC(=O)C(C)(C)Br. The fourth-order valence-corrected chi connectivity index (χ4v) is 1.48. The number of hydrogen-bond acceptors (Lipinski definition) is 2. The molecule has 1 rings (SSSR count). The molecule has 0 aliphatic heterocycles. The van der Waals surface area contributed by atoms with Crippen molar-refractivity contribution >= 4 is 39.1 Å². The van der Waals surface area contributed by atoms with E-state index in [9.17, 15) is 4.79 Å². The van der Waals surface area contributed by atoms with Gasteiger partial charge in [-0.15, -0.1) is 0 Å². The van der Waals surface area contributed by atoms with E-state index in [0.717, 1.165) is 6.42 Å². The molecule has 0 saturated heterocycles. The number of alkyl halides is 1. The lowest BCUT2D eigenvalue weighted by molar-refractivity contribution is -0.117. The van der Waals surface area contributed by atoms with Crippen molar-refractivity contribution in [2.75, 3.05) is 11.9 Å². The highest BCUT2D eigenvalue weighted by molar-refractivity contribution is 9.10. The molecule has 0 atom stereocenters. The van der Waals surface area contributed by atoms with Crippen LogP contribution < -0.4 is 10.1 Å². The van der Waals surface area contributed by atoms with Crippen LogP contribution in [0.4, 0.5) is 5.69 Å². The fraction of sp³-hybridized carbons (Fsp3) is 0.462. The summed E-state index contributed by atoms with van der Waals surface area (Å²) in [5.41, 5.74) is 0.591. The van der Waals surface area contributed by atoms with Crippen LogP contribution in [-0.2, 0) is 4.79 Å². The molecule has 0 bridgehead atoms. The van der Waals surface area contributed by atoms with E-state index in [2.05, 4.69) is 21.2 Å². The normalized spacial score (nSPS) is 11.2. The van der Waals surface area contributed by atoms with Crippen molar-refractivity contribution in [2.45, 2.75) is 31.5 Å². The molecule has 0 aliphatic rings. The Morgan fingerprint density at radius 1 is 1.50 bits per heavy atom. The van der Waals surface area contributed by atoms with Crippen molar-refractivity contribution in [3.8, 4) is 5.75 Å². The summed E-state index contributed by atoms with van der Waals surface area (Å²) in [6.45, 7) is 6.18. The van der Waals surface area contributed by atoms with Gasteiger partial charge in [0, 0.05) is 5.02 Å². The average Bonchev–Trinajstić information content (AvgIpc) is 2.26. The number of halogens is 2. The highest BCUT2D eigenvalue weighted by atomic mass is 79.9. The van der Waals surface area contributed by atoms with Crippen LogP contribution in [0.15, 0.2) is 18.2 Å². The molecule has 5 heteroatoms. The third-order valence-electron chi connectivity index (χ3n) is 2.19. The Morgan fingerprint density at radius 2 is 2.17 bits per heavy atom. The van der Waals surface area contributed by atoms with E-state index < -0.39 is 4.32 Å². The maximum absolute atomic E-state index is 11.9. The number of carbonyl (C=O) groups excluding carboxylic acids is 1. The molecular formula is C13H17BrClNO2. The van der Waals surface area contributed by atoms with Crippen LogP contribution in [0.5, 0.6) is 5.75 Å². The molecule has 0 fully saturated rings. The standard InChI is InChI=1S/C13H17BrClNO2/c1-4-7-18-11-6-5-9(15)8-10(11)16-12(17)13(2,3)14/h5-6,8H,4,7H2,1-3H3,(H,16,17). The maximum atomic E-state index is 11.9. The molecule has 3 nitrogen and oxygen atoms in total. The van der Waals surface area contributed by atoms with Gasteiger partial charge < -0.3 is 10.1 Å². The molecule has 18 heavy (non-hydrogen) atoms. The van der Waals surface area contributed by atoms with Crippen molar-refractivity contribution in [3.05, 3.63) is 23.2 Å². The number of carbonyl (C=O) groups is 1. The molecule has 1 N–H and O–H groups in total. The van der Waals surface area contributed by atoms with E-state index in [1.807, 2.05) is 6.92 Å². The Kier molecular flexibility index (Phi) is 5.47. The molecule has 1 aromatic carbocycles. The molecule has 100 valence electrons. The zero-order valence-electron chi connectivity index (χ0n) is 10.7. The van der Waals surface area contributed by atoms with Gasteiger partial charge in [-0.1, -0.05) is 34.5 Å². The molecule has 0 saturated carbocycles. The molecule has 0 aromatic heterocycles. The summed E-state index contributed by atoms with van der Waals surface area (Å²) in [6.07, 6.45) is 0.903. The van der Waals surface area contributed by atoms with E-state index >= 15 is 0 Å². The Hall–Kier alpha value is -0.740. The molecule has 0 radical (unpaired) electrons. The lowest BCUT2D eigenvalue weighted by atomic mass is 10.2. The predicted octanol–water partition coefficient (Wildman–Crippen LogP) is 4.24. The van der Waals surface area contributed by atoms with Gasteiger partial charge in [-0.05, 0) is 38.5 Å². The minimum atomic E-state index is -0.642. The van der Waals surface area contributed by atoms with Gasteiger partial charge in [0.15, 0.2) is 0 Å². The summed E-state index contributed by atoms with van der Waals surface area (Å²) in [7, 11) is 0. The molecular weight excluding hydrogens is 318 g/mol. The zero-order chi connectivity index (χ0) is 13.8. The molecule has 0 aliphatic carbocycles. The van der Waals surface area contributed by atoms with Gasteiger partial charge in [0.2, 0.25) is 5.91 Å². The van der Waals surface area contributed by atoms with Crippen LogP contribution in [-0.4, -0.2) is 16.8 Å². The van der Waals surface area contributed by atoms with Gasteiger partial charge in [0.05, 0.1) is 16.6 Å². The van der Waals surface area contributed by atoms with Crippen LogP contribution in [0.25, 0.3) is 0 Å². The highest BCUT2D eigenvalue weighted by Gasteiger charge is 2.24. The number of rotatable bonds is 5. The second-order valence-electron chi connectivity index (χ2n) is 4.42. The number of amides is 1. The summed E-state index contributed by atoms with van der Waals surface area (Å²) in [5, 5.41) is 3.36. The molecule has 0 unspecified atom stereocenters. The highest BCUT2D eigenvalue weighted by Crippen LogP contribution is 2.30. The third-order valence-corrected chi connectivity index (χ3v) is 2.79. The summed E-state index contributed by atoms with van der Waals surface area (Å²) < 4.78 is 4.92. The topological polar surface area (TPSA) is 38.3 Å². The Labute approximate surface area is 121 Å². The van der Waals surface area contributed by atoms with Crippen molar-refractivity contribution < 1.29 is 9.53 Å². The van der Waals surface area contributed by atoms with E-state index in [4.69, 9.17) is 16.3 Å². The number of benzene rings is 1. The van der Waals surface area contributed by atoms with Gasteiger partial charge in [0.25, 0.3) is 0 Å². The summed E-state index contributed by atoms with van der Waals surface area (Å²) in [5.74, 6) is 0.484. The summed E-state index contributed by atoms with van der Waals surface area (Å²) in [6, 6.07) is 5.18. The van der Waals surface area contributed by atoms with E-state index in [0.29, 0.717) is 23.1 Å². The van der Waals surface area contributed by atoms with Gasteiger partial charge in [0.1, 0.15) is 5.75 Å². The van der Waals surface area contributed by atoms with Gasteiger partial charge in [-0.25, -0.2) is 0 Å². The van der Waals surface area contributed by atoms with Crippen molar-refractivity contribution in [3.63, 3.8) is 0 Å². The second kappa shape index (κ2) is 6.43. The minimum Gasteiger partial charge on any atom is -0.491 e. The smallest absolute Gasteiger partial charge is 0.240 e. The van der Waals surface area contributed by atoms with E-state index in [-0.39, 0.29) is 5.91 Å². The van der Waals surface area contributed by atoms with Crippen LogP contribution >= 0.6 is 27.5 Å². The summed E-state index contributed by atoms with van der Waals surface area (Å²) >= 11 is 9.24. The van der Waals surface area contributed by atoms with Crippen LogP contribution in [0.3, 0.4) is 0 Å². The number of nitrogens with one attached hydrogen (secondary N) is 1. The van der Waals surface area contributed by atoms with Crippen LogP contribution in [0.2, 0.25) is 5.02 Å². The second-order valence-corrected chi connectivity index (χ2v) is 6.83. The summed E-state index contributed by atoms with van der Waals surface area (Å²) in [4.78, 5) is 11.9. The lowest BCUT2D eigenvalue weighted by Gasteiger charge is -2.18. The number of ether oxygens (including phenoxy) is 1. The Bertz CT molecular complexity index is 429. The van der Waals surface area contributed by atoms with Crippen molar-refractivity contribution in [1.29, 1.82) is 0 Å². The Morgan fingerprint density at radius 3 is 2.72 bits per heavy atom. The Balaban J connectivity index is 2.91. The van der Waals surface area contributed by atoms with Crippen LogP contribution in [0, 0.1) is 0 Å². The van der Waals surface area contributed by atoms with E-state index in [1.165, 1.54) is 0 Å². The quantitative estimate of drug-likeness (QED) is 0.818. The molecule has 1 amide bonds. The monoisotopic (exact) mass is 333 g/mol. The minimum absolute atomic E-state index is 0.147. The largest absolute Gasteiger partial charge is 0.491 e. The van der Waals surface area contributed by atoms with Crippen molar-refractivity contribution in [2.24, 2.45) is 0 Å². The maximum Gasteiger partial charge on any atom is 0.240 e. The number of hydrogen-bond donors (Lipinski definition) is 1. The van der Waals surface area contributed by atoms with Gasteiger partial charge >= 0.3 is 0 Å². The first-order valence-electron chi connectivity index (χ1n) is 5.77. The van der Waals surface area contributed by atoms with Crippen molar-refractivity contribution in [1.82, 2.24) is 0 Å². The first-order valence-corrected chi connectivity index (χ1v) is 6.94. The first kappa shape index (κ1) is 15.3. The van der Waals surface area contributed by atoms with Crippen LogP contribution in [0.1, 0.15) is 27.2 Å². The predicted molar refractivity (Wildman–Crippen MR) is 78.9 cm³/mol. The molecule has 0 spiro atoms. The zero-order valence-corrected chi connectivity index (χ0v) is 13.1. The van der Waals surface area contributed by atoms with Gasteiger partial charge in [-0.3, -0.25) is 4.79 Å². The third kappa shape index (κ3) is 4.50. The van der Waals surface area contributed by atoms with Gasteiger partial charge in [-0.2, -0.15) is 0 Å². The average molecular weight is 335 g/mol. The number of anilines is 1. The fourth-order valence-electron chi connectivity index (χ4n) is 1.21.